The van der Waals surface area contributed by atoms with Crippen LogP contribution in [-0.2, 0) is 6.18 Å². The van der Waals surface area contributed by atoms with Gasteiger partial charge in [-0.25, -0.2) is 0 Å². The van der Waals surface area contributed by atoms with Crippen LogP contribution in [0.4, 0.5) is 13.2 Å². The zero-order valence-corrected chi connectivity index (χ0v) is 9.89. The van der Waals surface area contributed by atoms with Crippen molar-refractivity contribution in [2.24, 2.45) is 0 Å². The van der Waals surface area contributed by atoms with E-state index in [1.807, 2.05) is 0 Å². The maximum Gasteiger partial charge on any atom is 0.417 e. The van der Waals surface area contributed by atoms with Crippen molar-refractivity contribution in [1.29, 1.82) is 5.26 Å². The van der Waals surface area contributed by atoms with E-state index < -0.39 is 34.5 Å². The second-order valence-electron chi connectivity index (χ2n) is 3.26. The minimum Gasteiger partial charge on any atom is -0.497 e. The lowest BCUT2D eigenvalue weighted by Gasteiger charge is -2.14. The van der Waals surface area contributed by atoms with Crippen molar-refractivity contribution in [3.8, 4) is 11.8 Å². The number of alkyl halides is 4. The first-order valence-corrected chi connectivity index (χ1v) is 5.17. The van der Waals surface area contributed by atoms with E-state index in [0.717, 1.165) is 6.07 Å². The zero-order valence-electron chi connectivity index (χ0n) is 9.14. The molecule has 18 heavy (non-hydrogen) atoms. The van der Waals surface area contributed by atoms with Crippen LogP contribution in [-0.4, -0.2) is 18.8 Å². The van der Waals surface area contributed by atoms with Crippen LogP contribution in [0.1, 0.15) is 21.5 Å². The molecule has 0 aliphatic rings. The fourth-order valence-corrected chi connectivity index (χ4v) is 1.55. The Labute approximate surface area is 106 Å². The molecule has 0 aliphatic carbocycles. The van der Waals surface area contributed by atoms with Gasteiger partial charge in [-0.15, -0.1) is 11.6 Å². The van der Waals surface area contributed by atoms with Gasteiger partial charge in [-0.2, -0.15) is 18.4 Å². The van der Waals surface area contributed by atoms with Gasteiger partial charge in [0.25, 0.3) is 0 Å². The molecule has 0 N–H and O–H groups in total. The molecule has 0 fully saturated rings. The highest BCUT2D eigenvalue weighted by atomic mass is 35.5. The predicted octanol–water partition coefficient (Wildman–Crippen LogP) is 3.01. The number of ether oxygens (including phenoxy) is 1. The summed E-state index contributed by atoms with van der Waals surface area (Å²) in [6.45, 7) is 0. The summed E-state index contributed by atoms with van der Waals surface area (Å²) in [5.74, 6) is -1.74. The normalized spacial score (nSPS) is 10.9. The Hall–Kier alpha value is -1.74. The Morgan fingerprint density at radius 3 is 2.50 bits per heavy atom. The van der Waals surface area contributed by atoms with Gasteiger partial charge < -0.3 is 4.74 Å². The molecule has 7 heteroatoms. The summed E-state index contributed by atoms with van der Waals surface area (Å²) in [6, 6.07) is 3.27. The lowest BCUT2D eigenvalue weighted by Crippen LogP contribution is -2.16. The Balaban J connectivity index is 3.64. The smallest absolute Gasteiger partial charge is 0.417 e. The molecule has 0 saturated heterocycles. The minimum absolute atomic E-state index is 0.148. The van der Waals surface area contributed by atoms with Crippen LogP contribution in [0.15, 0.2) is 12.1 Å². The average Bonchev–Trinajstić information content (AvgIpc) is 2.34. The van der Waals surface area contributed by atoms with Crippen molar-refractivity contribution in [2.75, 3.05) is 13.0 Å². The van der Waals surface area contributed by atoms with Gasteiger partial charge in [-0.3, -0.25) is 4.79 Å². The number of halogens is 4. The number of carbonyl (C=O) groups is 1. The quantitative estimate of drug-likeness (QED) is 0.630. The number of nitriles is 1. The highest BCUT2D eigenvalue weighted by molar-refractivity contribution is 6.31. The van der Waals surface area contributed by atoms with Crippen molar-refractivity contribution < 1.29 is 22.7 Å². The van der Waals surface area contributed by atoms with E-state index in [1.165, 1.54) is 13.2 Å². The first kappa shape index (κ1) is 14.3. The van der Waals surface area contributed by atoms with Crippen LogP contribution in [0.25, 0.3) is 0 Å². The third-order valence-corrected chi connectivity index (χ3v) is 2.42. The predicted molar refractivity (Wildman–Crippen MR) is 57.8 cm³/mol. The number of hydrogen-bond donors (Lipinski definition) is 0. The molecule has 0 aliphatic heterocycles. The number of methoxy groups -OCH3 is 1. The lowest BCUT2D eigenvalue weighted by molar-refractivity contribution is -0.138. The van der Waals surface area contributed by atoms with Crippen LogP contribution in [0.5, 0.6) is 5.75 Å². The summed E-state index contributed by atoms with van der Waals surface area (Å²) in [6.07, 6.45) is -4.77. The van der Waals surface area contributed by atoms with E-state index in [1.54, 1.807) is 0 Å². The molecule has 0 amide bonds. The third-order valence-electron chi connectivity index (χ3n) is 2.17. The molecule has 0 heterocycles. The van der Waals surface area contributed by atoms with Crippen molar-refractivity contribution in [3.63, 3.8) is 0 Å². The second-order valence-corrected chi connectivity index (χ2v) is 3.53. The first-order chi connectivity index (χ1) is 8.35. The topological polar surface area (TPSA) is 50.1 Å². The number of benzene rings is 1. The summed E-state index contributed by atoms with van der Waals surface area (Å²) < 4.78 is 43.1. The second kappa shape index (κ2) is 5.27. The molecule has 1 aromatic rings. The fourth-order valence-electron chi connectivity index (χ4n) is 1.41. The van der Waals surface area contributed by atoms with Gasteiger partial charge in [0.15, 0.2) is 5.78 Å². The Kier molecular flexibility index (Phi) is 4.19. The van der Waals surface area contributed by atoms with E-state index in [2.05, 4.69) is 4.74 Å². The van der Waals surface area contributed by atoms with Crippen LogP contribution in [0, 0.1) is 11.3 Å². The number of ketones is 1. The Bertz CT molecular complexity index is 520. The Morgan fingerprint density at radius 2 is 2.11 bits per heavy atom. The first-order valence-electron chi connectivity index (χ1n) is 4.63. The number of hydrogen-bond acceptors (Lipinski definition) is 3. The van der Waals surface area contributed by atoms with Gasteiger partial charge >= 0.3 is 6.18 Å². The summed E-state index contributed by atoms with van der Waals surface area (Å²) in [7, 11) is 1.17. The van der Waals surface area contributed by atoms with Crippen molar-refractivity contribution >= 4 is 17.4 Å². The van der Waals surface area contributed by atoms with Crippen molar-refractivity contribution in [1.82, 2.24) is 0 Å². The summed E-state index contributed by atoms with van der Waals surface area (Å²) in [5, 5.41) is 8.80. The van der Waals surface area contributed by atoms with Gasteiger partial charge in [-0.05, 0) is 12.1 Å². The van der Waals surface area contributed by atoms with E-state index in [-0.39, 0.29) is 5.75 Å². The third kappa shape index (κ3) is 2.74. The zero-order chi connectivity index (χ0) is 13.9. The maximum atomic E-state index is 12.8. The molecular formula is C11H7ClF3NO2. The SMILES string of the molecule is COc1cc(C#N)c(C(=O)CCl)c(C(F)(F)F)c1. The molecule has 0 atom stereocenters. The molecule has 0 unspecified atom stereocenters. The van der Waals surface area contributed by atoms with Gasteiger partial charge in [0.2, 0.25) is 0 Å². The number of rotatable bonds is 3. The van der Waals surface area contributed by atoms with Crippen LogP contribution in [0.3, 0.4) is 0 Å². The molecule has 0 bridgehead atoms. The molecule has 0 spiro atoms. The van der Waals surface area contributed by atoms with Gasteiger partial charge in [0.1, 0.15) is 11.8 Å². The van der Waals surface area contributed by atoms with Crippen LogP contribution < -0.4 is 4.74 Å². The molecule has 1 aromatic carbocycles. The standard InChI is InChI=1S/C11H7ClF3NO2/c1-18-7-2-6(5-16)10(9(17)4-12)8(3-7)11(13,14)15/h2-3H,4H2,1H3. The largest absolute Gasteiger partial charge is 0.497 e. The van der Waals surface area contributed by atoms with Gasteiger partial charge in [-0.1, -0.05) is 0 Å². The minimum atomic E-state index is -4.77. The molecule has 1 rings (SSSR count). The van der Waals surface area contributed by atoms with E-state index >= 15 is 0 Å². The monoisotopic (exact) mass is 277 g/mol. The highest BCUT2D eigenvalue weighted by Crippen LogP contribution is 2.36. The lowest BCUT2D eigenvalue weighted by atomic mass is 9.97. The van der Waals surface area contributed by atoms with Crippen molar-refractivity contribution in [3.05, 3.63) is 28.8 Å². The van der Waals surface area contributed by atoms with Crippen molar-refractivity contribution in [2.45, 2.75) is 6.18 Å². The Morgan fingerprint density at radius 1 is 1.50 bits per heavy atom. The van der Waals surface area contributed by atoms with Crippen LogP contribution in [0.2, 0.25) is 0 Å². The number of nitrogens with zero attached hydrogens (tertiary/aromatic N) is 1. The molecule has 96 valence electrons. The average molecular weight is 278 g/mol. The summed E-state index contributed by atoms with van der Waals surface area (Å²) in [5.41, 5.74) is -2.35. The van der Waals surface area contributed by atoms with E-state index in [0.29, 0.717) is 6.07 Å². The summed E-state index contributed by atoms with van der Waals surface area (Å²) >= 11 is 5.25. The van der Waals surface area contributed by atoms with Crippen LogP contribution >= 0.6 is 11.6 Å². The summed E-state index contributed by atoms with van der Waals surface area (Å²) in [4.78, 5) is 11.4. The molecule has 0 aromatic heterocycles. The highest BCUT2D eigenvalue weighted by Gasteiger charge is 2.37. The maximum absolute atomic E-state index is 12.8. The molecule has 0 radical (unpaired) electrons. The van der Waals surface area contributed by atoms with Gasteiger partial charge in [0, 0.05) is 5.56 Å². The van der Waals surface area contributed by atoms with E-state index in [9.17, 15) is 18.0 Å². The fraction of sp³-hybridized carbons (Fsp3) is 0.273. The van der Waals surface area contributed by atoms with E-state index in [4.69, 9.17) is 16.9 Å². The van der Waals surface area contributed by atoms with Gasteiger partial charge in [0.05, 0.1) is 24.1 Å². The number of Topliss-reactive ketones (excluding diaryl/α,β-unsaturated/α-hetero) is 1. The molecular weight excluding hydrogens is 271 g/mol. The molecule has 3 nitrogen and oxygen atoms in total. The molecule has 0 saturated carbocycles. The number of carbonyl (C=O) groups excluding carboxylic acids is 1.